The van der Waals surface area contributed by atoms with Crippen LogP contribution in [0.15, 0.2) is 53.3 Å². The second-order valence-electron chi connectivity index (χ2n) is 4.56. The monoisotopic (exact) mass is 341 g/mol. The van der Waals surface area contributed by atoms with Gasteiger partial charge in [-0.3, -0.25) is 4.79 Å². The van der Waals surface area contributed by atoms with Gasteiger partial charge in [0.25, 0.3) is 0 Å². The number of nitrogens with zero attached hydrogens (tertiary/aromatic N) is 1. The maximum Gasteiger partial charge on any atom is 0.249 e. The van der Waals surface area contributed by atoms with Gasteiger partial charge in [0.2, 0.25) is 5.91 Å². The Labute approximate surface area is 129 Å². The molecule has 3 N–H and O–H groups in total. The van der Waals surface area contributed by atoms with Crippen LogP contribution >= 0.6 is 15.9 Å². The third-order valence-electron chi connectivity index (χ3n) is 3.19. The summed E-state index contributed by atoms with van der Waals surface area (Å²) in [7, 11) is 0. The van der Waals surface area contributed by atoms with Gasteiger partial charge < -0.3 is 10.7 Å². The van der Waals surface area contributed by atoms with Crippen molar-refractivity contribution in [2.24, 2.45) is 5.73 Å². The van der Waals surface area contributed by atoms with Crippen LogP contribution in [-0.4, -0.2) is 15.9 Å². The SMILES string of the molecule is NC(=O)/C(=C/c1c[nH]c2nc(Br)ccc12)c1ccccc1. The number of H-pyrrole nitrogens is 1. The first kappa shape index (κ1) is 13.6. The number of carbonyl (C=O) groups excluding carboxylic acids is 1. The highest BCUT2D eigenvalue weighted by molar-refractivity contribution is 9.10. The van der Waals surface area contributed by atoms with E-state index in [1.54, 1.807) is 6.08 Å². The van der Waals surface area contributed by atoms with Gasteiger partial charge >= 0.3 is 0 Å². The zero-order valence-electron chi connectivity index (χ0n) is 11.0. The summed E-state index contributed by atoms with van der Waals surface area (Å²) < 4.78 is 0.755. The Morgan fingerprint density at radius 1 is 1.19 bits per heavy atom. The fourth-order valence-corrected chi connectivity index (χ4v) is 2.50. The number of pyridine rings is 1. The Balaban J connectivity index is 2.14. The van der Waals surface area contributed by atoms with E-state index in [9.17, 15) is 4.79 Å². The molecule has 0 fully saturated rings. The van der Waals surface area contributed by atoms with E-state index in [0.29, 0.717) is 5.57 Å². The van der Waals surface area contributed by atoms with Crippen LogP contribution in [0.2, 0.25) is 0 Å². The van der Waals surface area contributed by atoms with E-state index in [0.717, 1.165) is 26.8 Å². The molecular formula is C16H12BrN3O. The van der Waals surface area contributed by atoms with Crippen molar-refractivity contribution in [2.75, 3.05) is 0 Å². The van der Waals surface area contributed by atoms with Gasteiger partial charge in [0.05, 0.1) is 0 Å². The highest BCUT2D eigenvalue weighted by Crippen LogP contribution is 2.24. The Morgan fingerprint density at radius 3 is 2.67 bits per heavy atom. The lowest BCUT2D eigenvalue weighted by Crippen LogP contribution is -2.12. The summed E-state index contributed by atoms with van der Waals surface area (Å²) in [5.41, 5.74) is 8.41. The summed E-state index contributed by atoms with van der Waals surface area (Å²) in [5, 5.41) is 0.938. The molecule has 0 unspecified atom stereocenters. The van der Waals surface area contributed by atoms with Crippen LogP contribution in [0, 0.1) is 0 Å². The van der Waals surface area contributed by atoms with E-state index in [1.807, 2.05) is 48.7 Å². The van der Waals surface area contributed by atoms with Crippen LogP contribution in [-0.2, 0) is 4.79 Å². The molecule has 21 heavy (non-hydrogen) atoms. The molecule has 3 aromatic rings. The first-order chi connectivity index (χ1) is 10.1. The molecule has 5 heteroatoms. The summed E-state index contributed by atoms with van der Waals surface area (Å²) in [4.78, 5) is 19.2. The Morgan fingerprint density at radius 2 is 1.95 bits per heavy atom. The molecule has 2 heterocycles. The second-order valence-corrected chi connectivity index (χ2v) is 5.37. The molecule has 0 atom stereocenters. The van der Waals surface area contributed by atoms with E-state index in [2.05, 4.69) is 25.9 Å². The number of rotatable bonds is 3. The van der Waals surface area contributed by atoms with E-state index in [4.69, 9.17) is 5.73 Å². The van der Waals surface area contributed by atoms with Gasteiger partial charge in [0.15, 0.2) is 0 Å². The van der Waals surface area contributed by atoms with Crippen molar-refractivity contribution >= 4 is 44.5 Å². The first-order valence-electron chi connectivity index (χ1n) is 6.36. The molecule has 4 nitrogen and oxygen atoms in total. The normalized spacial score (nSPS) is 11.8. The first-order valence-corrected chi connectivity index (χ1v) is 7.15. The number of halogens is 1. The predicted molar refractivity (Wildman–Crippen MR) is 87.3 cm³/mol. The zero-order chi connectivity index (χ0) is 14.8. The maximum atomic E-state index is 11.7. The minimum atomic E-state index is -0.458. The van der Waals surface area contributed by atoms with Gasteiger partial charge in [0, 0.05) is 22.7 Å². The van der Waals surface area contributed by atoms with Gasteiger partial charge in [-0.2, -0.15) is 0 Å². The van der Waals surface area contributed by atoms with Crippen molar-refractivity contribution in [3.8, 4) is 0 Å². The molecule has 0 radical (unpaired) electrons. The highest BCUT2D eigenvalue weighted by Gasteiger charge is 2.10. The molecule has 1 amide bonds. The van der Waals surface area contributed by atoms with Crippen molar-refractivity contribution in [1.82, 2.24) is 9.97 Å². The number of fused-ring (bicyclic) bond motifs is 1. The molecule has 1 aromatic carbocycles. The highest BCUT2D eigenvalue weighted by atomic mass is 79.9. The van der Waals surface area contributed by atoms with Crippen LogP contribution in [0.4, 0.5) is 0 Å². The quantitative estimate of drug-likeness (QED) is 0.566. The predicted octanol–water partition coefficient (Wildman–Crippen LogP) is 3.35. The molecule has 0 bridgehead atoms. The van der Waals surface area contributed by atoms with Gasteiger partial charge in [-0.15, -0.1) is 0 Å². The smallest absolute Gasteiger partial charge is 0.249 e. The lowest BCUT2D eigenvalue weighted by Gasteiger charge is -2.03. The fraction of sp³-hybridized carbons (Fsp3) is 0. The topological polar surface area (TPSA) is 71.8 Å². The van der Waals surface area contributed by atoms with Gasteiger partial charge in [-0.1, -0.05) is 30.3 Å². The number of amides is 1. The van der Waals surface area contributed by atoms with E-state index >= 15 is 0 Å². The van der Waals surface area contributed by atoms with Gasteiger partial charge in [-0.05, 0) is 39.7 Å². The van der Waals surface area contributed by atoms with Crippen LogP contribution in [0.5, 0.6) is 0 Å². The summed E-state index contributed by atoms with van der Waals surface area (Å²) in [6.45, 7) is 0. The minimum absolute atomic E-state index is 0.458. The fourth-order valence-electron chi connectivity index (χ4n) is 2.19. The summed E-state index contributed by atoms with van der Waals surface area (Å²) in [6.07, 6.45) is 3.60. The molecular weight excluding hydrogens is 330 g/mol. The van der Waals surface area contributed by atoms with Crippen LogP contribution < -0.4 is 5.73 Å². The number of nitrogens with two attached hydrogens (primary N) is 1. The van der Waals surface area contributed by atoms with Gasteiger partial charge in [-0.25, -0.2) is 4.98 Å². The van der Waals surface area contributed by atoms with Crippen LogP contribution in [0.25, 0.3) is 22.7 Å². The standard InChI is InChI=1S/C16H12BrN3O/c17-14-7-6-12-11(9-19-16(12)20-14)8-13(15(18)21)10-4-2-1-3-5-10/h1-9H,(H2,18,21)(H,19,20)/b13-8+. The van der Waals surface area contributed by atoms with Crippen molar-refractivity contribution in [3.63, 3.8) is 0 Å². The van der Waals surface area contributed by atoms with Crippen LogP contribution in [0.3, 0.4) is 0 Å². The Hall–Kier alpha value is -2.40. The van der Waals surface area contributed by atoms with Crippen molar-refractivity contribution in [3.05, 3.63) is 64.4 Å². The van der Waals surface area contributed by atoms with Crippen molar-refractivity contribution < 1.29 is 4.79 Å². The zero-order valence-corrected chi connectivity index (χ0v) is 12.6. The number of hydrogen-bond acceptors (Lipinski definition) is 2. The van der Waals surface area contributed by atoms with Gasteiger partial charge in [0.1, 0.15) is 10.3 Å². The molecule has 0 saturated carbocycles. The number of aromatic nitrogens is 2. The van der Waals surface area contributed by atoms with Crippen LogP contribution in [0.1, 0.15) is 11.1 Å². The largest absolute Gasteiger partial charge is 0.366 e. The Bertz CT molecular complexity index is 837. The third-order valence-corrected chi connectivity index (χ3v) is 3.63. The average molecular weight is 342 g/mol. The molecule has 3 rings (SSSR count). The maximum absolute atomic E-state index is 11.7. The third kappa shape index (κ3) is 2.73. The second kappa shape index (κ2) is 5.54. The van der Waals surface area contributed by atoms with E-state index in [1.165, 1.54) is 0 Å². The molecule has 0 aliphatic heterocycles. The van der Waals surface area contributed by atoms with E-state index < -0.39 is 5.91 Å². The average Bonchev–Trinajstić information content (AvgIpc) is 2.87. The summed E-state index contributed by atoms with van der Waals surface area (Å²) in [5.74, 6) is -0.458. The molecule has 0 spiro atoms. The lowest BCUT2D eigenvalue weighted by molar-refractivity contribution is -0.112. The van der Waals surface area contributed by atoms with Crippen molar-refractivity contribution in [2.45, 2.75) is 0 Å². The Kier molecular flexibility index (Phi) is 3.58. The minimum Gasteiger partial charge on any atom is -0.366 e. The van der Waals surface area contributed by atoms with E-state index in [-0.39, 0.29) is 0 Å². The molecule has 0 aliphatic carbocycles. The molecule has 2 aromatic heterocycles. The molecule has 104 valence electrons. The number of carbonyl (C=O) groups is 1. The number of aromatic amines is 1. The molecule has 0 saturated heterocycles. The molecule has 0 aliphatic rings. The number of primary amides is 1. The number of hydrogen-bond donors (Lipinski definition) is 2. The summed E-state index contributed by atoms with van der Waals surface area (Å²) in [6, 6.07) is 13.2. The van der Waals surface area contributed by atoms with Crippen molar-refractivity contribution in [1.29, 1.82) is 0 Å². The number of benzene rings is 1. The number of nitrogens with one attached hydrogen (secondary N) is 1. The summed E-state index contributed by atoms with van der Waals surface area (Å²) >= 11 is 3.33. The lowest BCUT2D eigenvalue weighted by atomic mass is 10.0.